The van der Waals surface area contributed by atoms with Gasteiger partial charge in [-0.2, -0.15) is 9.61 Å². The number of para-hydroxylation sites is 1. The lowest BCUT2D eigenvalue weighted by atomic mass is 10.3. The summed E-state index contributed by atoms with van der Waals surface area (Å²) in [6, 6.07) is 8.87. The molecule has 0 spiro atoms. The number of carbonyl (C=O) groups is 1. The van der Waals surface area contributed by atoms with Gasteiger partial charge in [0.15, 0.2) is 0 Å². The normalized spacial score (nSPS) is 10.5. The summed E-state index contributed by atoms with van der Waals surface area (Å²) in [6.07, 6.45) is 0.995. The number of hydrogen-bond donors (Lipinski definition) is 1. The SMILES string of the molecule is O=C(NCc1nn2cnnc2s1)Oc1ccccc1. The van der Waals surface area contributed by atoms with Crippen LogP contribution in [0, 0.1) is 0 Å². The maximum atomic E-state index is 11.5. The zero-order valence-corrected chi connectivity index (χ0v) is 10.5. The highest BCUT2D eigenvalue weighted by atomic mass is 32.1. The van der Waals surface area contributed by atoms with Crippen molar-refractivity contribution in [2.24, 2.45) is 0 Å². The van der Waals surface area contributed by atoms with E-state index in [9.17, 15) is 4.79 Å². The van der Waals surface area contributed by atoms with Crippen LogP contribution < -0.4 is 10.1 Å². The highest BCUT2D eigenvalue weighted by Crippen LogP contribution is 2.11. The van der Waals surface area contributed by atoms with Crippen LogP contribution >= 0.6 is 11.3 Å². The lowest BCUT2D eigenvalue weighted by molar-refractivity contribution is 0.200. The number of benzene rings is 1. The van der Waals surface area contributed by atoms with E-state index in [4.69, 9.17) is 4.74 Å². The molecule has 0 radical (unpaired) electrons. The second-order valence-electron chi connectivity index (χ2n) is 3.61. The third kappa shape index (κ3) is 2.68. The topological polar surface area (TPSA) is 81.4 Å². The summed E-state index contributed by atoms with van der Waals surface area (Å²) in [5.74, 6) is 0.498. The molecule has 0 saturated carbocycles. The molecule has 0 saturated heterocycles. The van der Waals surface area contributed by atoms with Crippen molar-refractivity contribution in [1.82, 2.24) is 25.1 Å². The highest BCUT2D eigenvalue weighted by molar-refractivity contribution is 7.16. The first-order chi connectivity index (χ1) is 9.31. The van der Waals surface area contributed by atoms with E-state index in [0.29, 0.717) is 17.3 Å². The molecule has 0 atom stereocenters. The Hall–Kier alpha value is -2.48. The van der Waals surface area contributed by atoms with Crippen molar-refractivity contribution in [3.05, 3.63) is 41.7 Å². The Morgan fingerprint density at radius 1 is 1.37 bits per heavy atom. The predicted molar refractivity (Wildman–Crippen MR) is 68.0 cm³/mol. The predicted octanol–water partition coefficient (Wildman–Crippen LogP) is 1.47. The standard InChI is InChI=1S/C11H9N5O2S/c17-11(18-8-4-2-1-3-5-8)12-6-9-15-16-7-13-14-10(16)19-9/h1-5,7H,6H2,(H,12,17). The van der Waals surface area contributed by atoms with E-state index in [-0.39, 0.29) is 0 Å². The number of carbonyl (C=O) groups excluding carboxylic acids is 1. The fourth-order valence-electron chi connectivity index (χ4n) is 1.45. The molecule has 1 aromatic carbocycles. The van der Waals surface area contributed by atoms with Crippen LogP contribution in [0.2, 0.25) is 0 Å². The largest absolute Gasteiger partial charge is 0.412 e. The number of fused-ring (bicyclic) bond motifs is 1. The fraction of sp³-hybridized carbons (Fsp3) is 0.0909. The first kappa shape index (κ1) is 11.6. The van der Waals surface area contributed by atoms with Gasteiger partial charge in [0, 0.05) is 0 Å². The van der Waals surface area contributed by atoms with Crippen LogP contribution in [0.3, 0.4) is 0 Å². The molecule has 1 N–H and O–H groups in total. The summed E-state index contributed by atoms with van der Waals surface area (Å²) in [5, 5.41) is 15.1. The van der Waals surface area contributed by atoms with Crippen LogP contribution in [-0.4, -0.2) is 25.9 Å². The van der Waals surface area contributed by atoms with E-state index < -0.39 is 6.09 Å². The van der Waals surface area contributed by atoms with Crippen molar-refractivity contribution < 1.29 is 9.53 Å². The second kappa shape index (κ2) is 5.02. The summed E-state index contributed by atoms with van der Waals surface area (Å²) in [6.45, 7) is 0.291. The van der Waals surface area contributed by atoms with Crippen LogP contribution in [0.5, 0.6) is 5.75 Å². The number of nitrogens with one attached hydrogen (secondary N) is 1. The van der Waals surface area contributed by atoms with E-state index in [0.717, 1.165) is 5.01 Å². The lowest BCUT2D eigenvalue weighted by Crippen LogP contribution is -2.26. The molecule has 3 rings (SSSR count). The zero-order chi connectivity index (χ0) is 13.1. The summed E-state index contributed by atoms with van der Waals surface area (Å²) in [7, 11) is 0. The molecule has 0 unspecified atom stereocenters. The van der Waals surface area contributed by atoms with Gasteiger partial charge in [-0.1, -0.05) is 29.5 Å². The summed E-state index contributed by atoms with van der Waals surface area (Å²) >= 11 is 1.36. The third-order valence-corrected chi connectivity index (χ3v) is 3.18. The zero-order valence-electron chi connectivity index (χ0n) is 9.68. The van der Waals surface area contributed by atoms with E-state index in [2.05, 4.69) is 20.6 Å². The van der Waals surface area contributed by atoms with Crippen molar-refractivity contribution in [3.63, 3.8) is 0 Å². The van der Waals surface area contributed by atoms with Gasteiger partial charge in [0.2, 0.25) is 4.96 Å². The molecule has 3 aromatic rings. The Kier molecular flexibility index (Phi) is 3.07. The Morgan fingerprint density at radius 3 is 3.00 bits per heavy atom. The molecule has 96 valence electrons. The van der Waals surface area contributed by atoms with Crippen LogP contribution in [0.25, 0.3) is 4.96 Å². The van der Waals surface area contributed by atoms with E-state index in [1.807, 2.05) is 6.07 Å². The fourth-order valence-corrected chi connectivity index (χ4v) is 2.21. The molecule has 2 heterocycles. The monoisotopic (exact) mass is 275 g/mol. The third-order valence-electron chi connectivity index (χ3n) is 2.27. The Morgan fingerprint density at radius 2 is 2.21 bits per heavy atom. The number of hydrogen-bond acceptors (Lipinski definition) is 6. The van der Waals surface area contributed by atoms with Gasteiger partial charge in [-0.25, -0.2) is 4.79 Å². The van der Waals surface area contributed by atoms with Crippen LogP contribution in [0.4, 0.5) is 4.79 Å². The molecule has 8 heteroatoms. The number of rotatable bonds is 3. The smallest absolute Gasteiger partial charge is 0.410 e. The minimum atomic E-state index is -0.517. The maximum absolute atomic E-state index is 11.5. The molecule has 0 aliphatic heterocycles. The number of aromatic nitrogens is 4. The number of amides is 1. The van der Waals surface area contributed by atoms with E-state index in [1.54, 1.807) is 28.8 Å². The van der Waals surface area contributed by atoms with Gasteiger partial charge in [-0.05, 0) is 12.1 Å². The minimum Gasteiger partial charge on any atom is -0.410 e. The quantitative estimate of drug-likeness (QED) is 0.783. The van der Waals surface area contributed by atoms with Gasteiger partial charge in [0.1, 0.15) is 17.1 Å². The highest BCUT2D eigenvalue weighted by Gasteiger charge is 2.08. The average Bonchev–Trinajstić information content (AvgIpc) is 2.98. The van der Waals surface area contributed by atoms with Gasteiger partial charge in [-0.15, -0.1) is 10.2 Å². The molecule has 0 aliphatic carbocycles. The van der Waals surface area contributed by atoms with Crippen molar-refractivity contribution in [1.29, 1.82) is 0 Å². The molecule has 1 amide bonds. The molecule has 7 nitrogen and oxygen atoms in total. The first-order valence-corrected chi connectivity index (χ1v) is 6.29. The molecule has 19 heavy (non-hydrogen) atoms. The van der Waals surface area contributed by atoms with E-state index in [1.165, 1.54) is 17.7 Å². The summed E-state index contributed by atoms with van der Waals surface area (Å²) < 4.78 is 6.64. The molecule has 0 fully saturated rings. The van der Waals surface area contributed by atoms with Crippen LogP contribution in [0.1, 0.15) is 5.01 Å². The van der Waals surface area contributed by atoms with Crippen molar-refractivity contribution in [2.45, 2.75) is 6.54 Å². The first-order valence-electron chi connectivity index (χ1n) is 5.48. The molecular formula is C11H9N5O2S. The van der Waals surface area contributed by atoms with Gasteiger partial charge in [0.25, 0.3) is 0 Å². The Balaban J connectivity index is 1.57. The van der Waals surface area contributed by atoms with E-state index >= 15 is 0 Å². The van der Waals surface area contributed by atoms with Crippen molar-refractivity contribution in [2.75, 3.05) is 0 Å². The Labute approximate surface area is 111 Å². The summed E-state index contributed by atoms with van der Waals surface area (Å²) in [4.78, 5) is 12.2. The van der Waals surface area contributed by atoms with Gasteiger partial charge in [0.05, 0.1) is 6.54 Å². The second-order valence-corrected chi connectivity index (χ2v) is 4.65. The Bertz CT molecular complexity index is 665. The van der Waals surface area contributed by atoms with Gasteiger partial charge in [-0.3, -0.25) is 0 Å². The van der Waals surface area contributed by atoms with Crippen LogP contribution in [-0.2, 0) is 6.54 Å². The number of ether oxygens (including phenoxy) is 1. The molecule has 0 aliphatic rings. The van der Waals surface area contributed by atoms with Crippen LogP contribution in [0.15, 0.2) is 36.7 Å². The minimum absolute atomic E-state index is 0.291. The lowest BCUT2D eigenvalue weighted by Gasteiger charge is -2.04. The van der Waals surface area contributed by atoms with Crippen molar-refractivity contribution >= 4 is 22.4 Å². The molecular weight excluding hydrogens is 266 g/mol. The maximum Gasteiger partial charge on any atom is 0.412 e. The summed E-state index contributed by atoms with van der Waals surface area (Å²) in [5.41, 5.74) is 0. The van der Waals surface area contributed by atoms with Crippen molar-refractivity contribution in [3.8, 4) is 5.75 Å². The van der Waals surface area contributed by atoms with Gasteiger partial charge < -0.3 is 10.1 Å². The molecule has 0 bridgehead atoms. The number of nitrogens with zero attached hydrogens (tertiary/aromatic N) is 4. The molecule has 2 aromatic heterocycles. The van der Waals surface area contributed by atoms with Gasteiger partial charge >= 0.3 is 6.09 Å². The average molecular weight is 275 g/mol.